The van der Waals surface area contributed by atoms with E-state index >= 15 is 0 Å². The molecule has 2 aromatic rings. The SMILES string of the molecule is CN=C(NCCc1ccc(Oc2ccccc2)c(F)c1)N1CCC(CC(=O)NC)CC1. The number of piperidine rings is 1. The van der Waals surface area contributed by atoms with Crippen LogP contribution in [0.2, 0.25) is 0 Å². The van der Waals surface area contributed by atoms with Crippen molar-refractivity contribution in [2.24, 2.45) is 10.9 Å². The zero-order valence-corrected chi connectivity index (χ0v) is 18.2. The van der Waals surface area contributed by atoms with Crippen molar-refractivity contribution in [1.29, 1.82) is 0 Å². The molecule has 0 radical (unpaired) electrons. The average Bonchev–Trinajstić information content (AvgIpc) is 2.80. The molecule has 0 spiro atoms. The van der Waals surface area contributed by atoms with Gasteiger partial charge in [0, 0.05) is 40.2 Å². The number of nitrogens with zero attached hydrogens (tertiary/aromatic N) is 2. The van der Waals surface area contributed by atoms with Crippen molar-refractivity contribution >= 4 is 11.9 Å². The largest absolute Gasteiger partial charge is 0.454 e. The van der Waals surface area contributed by atoms with Crippen molar-refractivity contribution in [3.8, 4) is 11.5 Å². The van der Waals surface area contributed by atoms with Crippen LogP contribution < -0.4 is 15.4 Å². The van der Waals surface area contributed by atoms with Crippen LogP contribution >= 0.6 is 0 Å². The number of likely N-dealkylation sites (tertiary alicyclic amines) is 1. The van der Waals surface area contributed by atoms with Gasteiger partial charge in [0.05, 0.1) is 0 Å². The van der Waals surface area contributed by atoms with E-state index in [9.17, 15) is 9.18 Å². The topological polar surface area (TPSA) is 66.0 Å². The number of nitrogens with one attached hydrogen (secondary N) is 2. The minimum absolute atomic E-state index is 0.105. The van der Waals surface area contributed by atoms with Crippen LogP contribution in [0.25, 0.3) is 0 Å². The molecule has 1 fully saturated rings. The van der Waals surface area contributed by atoms with E-state index in [-0.39, 0.29) is 17.5 Å². The lowest BCUT2D eigenvalue weighted by Gasteiger charge is -2.34. The number of carbonyl (C=O) groups is 1. The van der Waals surface area contributed by atoms with Gasteiger partial charge in [0.25, 0.3) is 0 Å². The number of hydrogen-bond acceptors (Lipinski definition) is 3. The summed E-state index contributed by atoms with van der Waals surface area (Å²) in [5.74, 6) is 1.84. The second kappa shape index (κ2) is 11.3. The fourth-order valence-corrected chi connectivity index (χ4v) is 3.76. The number of hydrogen-bond donors (Lipinski definition) is 2. The first kappa shape index (κ1) is 22.6. The van der Waals surface area contributed by atoms with Gasteiger partial charge in [0.1, 0.15) is 5.75 Å². The molecule has 0 bridgehead atoms. The van der Waals surface area contributed by atoms with Gasteiger partial charge in [0.15, 0.2) is 17.5 Å². The van der Waals surface area contributed by atoms with Crippen LogP contribution in [0.3, 0.4) is 0 Å². The summed E-state index contributed by atoms with van der Waals surface area (Å²) in [6.07, 6.45) is 3.21. The summed E-state index contributed by atoms with van der Waals surface area (Å²) >= 11 is 0. The maximum atomic E-state index is 14.4. The van der Waals surface area contributed by atoms with Gasteiger partial charge in [-0.15, -0.1) is 0 Å². The predicted octanol–water partition coefficient (Wildman–Crippen LogP) is 3.58. The molecule has 2 aromatic carbocycles. The summed E-state index contributed by atoms with van der Waals surface area (Å²) in [7, 11) is 3.45. The molecule has 31 heavy (non-hydrogen) atoms. The number of halogens is 1. The molecule has 0 atom stereocenters. The Labute approximate surface area is 183 Å². The third-order valence-corrected chi connectivity index (χ3v) is 5.54. The monoisotopic (exact) mass is 426 g/mol. The van der Waals surface area contributed by atoms with Crippen LogP contribution in [0.4, 0.5) is 4.39 Å². The van der Waals surface area contributed by atoms with Crippen LogP contribution in [0, 0.1) is 11.7 Å². The Balaban J connectivity index is 1.46. The van der Waals surface area contributed by atoms with Gasteiger partial charge in [-0.05, 0) is 55.0 Å². The molecular weight excluding hydrogens is 395 g/mol. The molecule has 0 aliphatic carbocycles. The molecule has 1 aliphatic heterocycles. The number of rotatable bonds is 7. The number of aliphatic imine (C=N–C) groups is 1. The van der Waals surface area contributed by atoms with E-state index in [0.29, 0.717) is 31.1 Å². The molecule has 1 saturated heterocycles. The normalized spacial score (nSPS) is 14.9. The van der Waals surface area contributed by atoms with Crippen molar-refractivity contribution in [1.82, 2.24) is 15.5 Å². The van der Waals surface area contributed by atoms with Crippen LogP contribution in [0.1, 0.15) is 24.8 Å². The Kier molecular flexibility index (Phi) is 8.27. The first-order valence-electron chi connectivity index (χ1n) is 10.8. The number of ether oxygens (including phenoxy) is 1. The number of guanidine groups is 1. The maximum Gasteiger partial charge on any atom is 0.220 e. The number of amides is 1. The van der Waals surface area contributed by atoms with Gasteiger partial charge < -0.3 is 20.3 Å². The van der Waals surface area contributed by atoms with Crippen molar-refractivity contribution in [2.75, 3.05) is 33.7 Å². The van der Waals surface area contributed by atoms with Crippen LogP contribution in [-0.4, -0.2) is 50.5 Å². The second-order valence-corrected chi connectivity index (χ2v) is 7.71. The lowest BCUT2D eigenvalue weighted by molar-refractivity contribution is -0.121. The van der Waals surface area contributed by atoms with Crippen molar-refractivity contribution in [3.63, 3.8) is 0 Å². The van der Waals surface area contributed by atoms with Crippen molar-refractivity contribution in [2.45, 2.75) is 25.7 Å². The molecule has 0 saturated carbocycles. The lowest BCUT2D eigenvalue weighted by Crippen LogP contribution is -2.46. The lowest BCUT2D eigenvalue weighted by atomic mass is 9.93. The van der Waals surface area contributed by atoms with E-state index in [0.717, 1.165) is 37.5 Å². The molecule has 6 nitrogen and oxygen atoms in total. The van der Waals surface area contributed by atoms with Crippen molar-refractivity contribution < 1.29 is 13.9 Å². The standard InChI is InChI=1S/C24H31FN4O2/c1-26-23(30)17-19-11-14-29(15-12-19)24(27-2)28-13-10-18-8-9-22(21(25)16-18)31-20-6-4-3-5-7-20/h3-9,16,19H,10-15,17H2,1-2H3,(H,26,30)(H,27,28). The highest BCUT2D eigenvalue weighted by Crippen LogP contribution is 2.25. The van der Waals surface area contributed by atoms with E-state index in [2.05, 4.69) is 20.5 Å². The molecule has 0 unspecified atom stereocenters. The zero-order chi connectivity index (χ0) is 22.1. The van der Waals surface area contributed by atoms with Crippen LogP contribution in [-0.2, 0) is 11.2 Å². The Morgan fingerprint density at radius 3 is 2.58 bits per heavy atom. The zero-order valence-electron chi connectivity index (χ0n) is 18.2. The summed E-state index contributed by atoms with van der Waals surface area (Å²) < 4.78 is 20.0. The van der Waals surface area contributed by atoms with E-state index in [1.807, 2.05) is 24.3 Å². The molecular formula is C24H31FN4O2. The highest BCUT2D eigenvalue weighted by Gasteiger charge is 2.23. The second-order valence-electron chi connectivity index (χ2n) is 7.71. The van der Waals surface area contributed by atoms with E-state index in [1.165, 1.54) is 6.07 Å². The summed E-state index contributed by atoms with van der Waals surface area (Å²) in [6.45, 7) is 2.41. The molecule has 1 amide bonds. The first-order chi connectivity index (χ1) is 15.1. The third kappa shape index (κ3) is 6.70. The van der Waals surface area contributed by atoms with Gasteiger partial charge in [-0.25, -0.2) is 4.39 Å². The predicted molar refractivity (Wildman–Crippen MR) is 121 cm³/mol. The third-order valence-electron chi connectivity index (χ3n) is 5.54. The Morgan fingerprint density at radius 1 is 1.19 bits per heavy atom. The first-order valence-corrected chi connectivity index (χ1v) is 10.8. The van der Waals surface area contributed by atoms with E-state index < -0.39 is 0 Å². The van der Waals surface area contributed by atoms with Crippen LogP contribution in [0.15, 0.2) is 53.5 Å². The average molecular weight is 427 g/mol. The van der Waals surface area contributed by atoms with Gasteiger partial charge >= 0.3 is 0 Å². The van der Waals surface area contributed by atoms with Crippen LogP contribution in [0.5, 0.6) is 11.5 Å². The molecule has 2 N–H and O–H groups in total. The smallest absolute Gasteiger partial charge is 0.220 e. The minimum atomic E-state index is -0.371. The molecule has 1 heterocycles. The van der Waals surface area contributed by atoms with Gasteiger partial charge in [-0.3, -0.25) is 9.79 Å². The van der Waals surface area contributed by atoms with Gasteiger partial charge in [-0.2, -0.15) is 0 Å². The summed E-state index contributed by atoms with van der Waals surface area (Å²) in [5.41, 5.74) is 0.894. The number of para-hydroxylation sites is 1. The van der Waals surface area contributed by atoms with E-state index in [1.54, 1.807) is 32.3 Å². The Morgan fingerprint density at radius 2 is 1.94 bits per heavy atom. The molecule has 1 aliphatic rings. The molecule has 0 aromatic heterocycles. The van der Waals surface area contributed by atoms with Gasteiger partial charge in [0.2, 0.25) is 5.91 Å². The maximum absolute atomic E-state index is 14.4. The minimum Gasteiger partial charge on any atom is -0.454 e. The van der Waals surface area contributed by atoms with Gasteiger partial charge in [-0.1, -0.05) is 24.3 Å². The quantitative estimate of drug-likeness (QED) is 0.525. The van der Waals surface area contributed by atoms with Crippen molar-refractivity contribution in [3.05, 3.63) is 59.9 Å². The summed E-state index contributed by atoms with van der Waals surface area (Å²) in [5, 5.41) is 6.07. The number of carbonyl (C=O) groups excluding carboxylic acids is 1. The summed E-state index contributed by atoms with van der Waals surface area (Å²) in [4.78, 5) is 18.2. The molecule has 3 rings (SSSR count). The highest BCUT2D eigenvalue weighted by molar-refractivity contribution is 5.80. The Hall–Kier alpha value is -3.09. The Bertz CT molecular complexity index is 880. The number of benzene rings is 2. The fraction of sp³-hybridized carbons (Fsp3) is 0.417. The highest BCUT2D eigenvalue weighted by atomic mass is 19.1. The molecule has 7 heteroatoms. The summed E-state index contributed by atoms with van der Waals surface area (Å²) in [6, 6.07) is 14.3. The van der Waals surface area contributed by atoms with E-state index in [4.69, 9.17) is 4.74 Å². The molecule has 166 valence electrons. The fourth-order valence-electron chi connectivity index (χ4n) is 3.76.